The second kappa shape index (κ2) is 5.32. The monoisotopic (exact) mass is 288 g/mol. The van der Waals surface area contributed by atoms with Crippen LogP contribution in [0.2, 0.25) is 0 Å². The molecule has 4 nitrogen and oxygen atoms in total. The number of nitrogens with one attached hydrogen (secondary N) is 1. The molecule has 0 spiro atoms. The molecule has 3 rings (SSSR count). The van der Waals surface area contributed by atoms with Gasteiger partial charge in [-0.15, -0.1) is 11.8 Å². The van der Waals surface area contributed by atoms with Crippen LogP contribution in [0, 0.1) is 0 Å². The Morgan fingerprint density at radius 2 is 2.15 bits per heavy atom. The maximum atomic E-state index is 11.9. The molecule has 1 atom stereocenters. The molecule has 0 amide bonds. The summed E-state index contributed by atoms with van der Waals surface area (Å²) in [6, 6.07) is 8.33. The Kier molecular flexibility index (Phi) is 3.53. The van der Waals surface area contributed by atoms with Crippen molar-refractivity contribution in [3.8, 4) is 0 Å². The molecule has 0 saturated carbocycles. The van der Waals surface area contributed by atoms with Crippen molar-refractivity contribution in [2.45, 2.75) is 36.5 Å². The highest BCUT2D eigenvalue weighted by molar-refractivity contribution is 8.00. The van der Waals surface area contributed by atoms with Crippen molar-refractivity contribution in [2.24, 2.45) is 0 Å². The third-order valence-corrected chi connectivity index (χ3v) is 4.88. The van der Waals surface area contributed by atoms with E-state index in [4.69, 9.17) is 0 Å². The van der Waals surface area contributed by atoms with Gasteiger partial charge in [0.25, 0.3) is 5.56 Å². The maximum absolute atomic E-state index is 11.9. The van der Waals surface area contributed by atoms with E-state index in [-0.39, 0.29) is 11.2 Å². The predicted octanol–water partition coefficient (Wildman–Crippen LogP) is 1.82. The van der Waals surface area contributed by atoms with Crippen LogP contribution in [0.25, 0.3) is 0 Å². The third-order valence-electron chi connectivity index (χ3n) is 3.58. The van der Waals surface area contributed by atoms with Crippen LogP contribution in [0.1, 0.15) is 18.1 Å². The molecular formula is C15H16N2O2S. The van der Waals surface area contributed by atoms with Gasteiger partial charge >= 0.3 is 5.69 Å². The van der Waals surface area contributed by atoms with E-state index in [2.05, 4.69) is 17.1 Å². The zero-order chi connectivity index (χ0) is 14.1. The van der Waals surface area contributed by atoms with Crippen molar-refractivity contribution in [1.82, 2.24) is 9.55 Å². The number of fused-ring (bicyclic) bond motifs is 1. The molecule has 0 bridgehead atoms. The fraction of sp³-hybridized carbons (Fsp3) is 0.333. The number of aromatic amines is 1. The van der Waals surface area contributed by atoms with Crippen LogP contribution < -0.4 is 11.2 Å². The standard InChI is InChI=1S/C15H16N2O2S/c1-2-10-8-17(15(19)16-14(10)18)9-12-7-11-5-3-4-6-13(11)20-12/h3-6,8,12H,2,7,9H2,1H3,(H,16,18,19). The van der Waals surface area contributed by atoms with Crippen LogP contribution in [0.5, 0.6) is 0 Å². The maximum Gasteiger partial charge on any atom is 0.328 e. The van der Waals surface area contributed by atoms with E-state index in [1.165, 1.54) is 10.5 Å². The van der Waals surface area contributed by atoms with E-state index in [1.54, 1.807) is 22.5 Å². The molecule has 1 N–H and O–H groups in total. The fourth-order valence-corrected chi connectivity index (χ4v) is 3.83. The summed E-state index contributed by atoms with van der Waals surface area (Å²) in [4.78, 5) is 27.1. The molecule has 0 saturated heterocycles. The van der Waals surface area contributed by atoms with Gasteiger partial charge in [0.1, 0.15) is 0 Å². The summed E-state index contributed by atoms with van der Waals surface area (Å²) in [6.45, 7) is 2.54. The Hall–Kier alpha value is -1.75. The van der Waals surface area contributed by atoms with Crippen LogP contribution in [0.4, 0.5) is 0 Å². The first-order valence-corrected chi connectivity index (χ1v) is 7.62. The van der Waals surface area contributed by atoms with Gasteiger partial charge in [0, 0.05) is 28.5 Å². The molecule has 1 aliphatic heterocycles. The quantitative estimate of drug-likeness (QED) is 0.937. The van der Waals surface area contributed by atoms with Crippen molar-refractivity contribution >= 4 is 11.8 Å². The first-order valence-electron chi connectivity index (χ1n) is 6.74. The van der Waals surface area contributed by atoms with Gasteiger partial charge in [-0.05, 0) is 24.5 Å². The van der Waals surface area contributed by atoms with E-state index in [0.717, 1.165) is 6.42 Å². The van der Waals surface area contributed by atoms with E-state index in [1.807, 2.05) is 19.1 Å². The van der Waals surface area contributed by atoms with Crippen molar-refractivity contribution in [3.05, 3.63) is 62.4 Å². The largest absolute Gasteiger partial charge is 0.328 e. The lowest BCUT2D eigenvalue weighted by atomic mass is 10.1. The minimum Gasteiger partial charge on any atom is -0.299 e. The lowest BCUT2D eigenvalue weighted by Crippen LogP contribution is -2.33. The average Bonchev–Trinajstić information content (AvgIpc) is 2.84. The van der Waals surface area contributed by atoms with Gasteiger partial charge in [-0.3, -0.25) is 14.3 Å². The number of aryl methyl sites for hydroxylation is 1. The van der Waals surface area contributed by atoms with E-state index in [9.17, 15) is 9.59 Å². The molecule has 2 heterocycles. The van der Waals surface area contributed by atoms with Gasteiger partial charge in [0.15, 0.2) is 0 Å². The molecule has 0 radical (unpaired) electrons. The molecule has 0 aliphatic carbocycles. The Labute approximate surface area is 120 Å². The molecule has 20 heavy (non-hydrogen) atoms. The second-order valence-corrected chi connectivity index (χ2v) is 6.31. The summed E-state index contributed by atoms with van der Waals surface area (Å²) in [7, 11) is 0. The molecular weight excluding hydrogens is 272 g/mol. The van der Waals surface area contributed by atoms with E-state index < -0.39 is 0 Å². The zero-order valence-corrected chi connectivity index (χ0v) is 12.1. The van der Waals surface area contributed by atoms with Crippen molar-refractivity contribution in [2.75, 3.05) is 0 Å². The fourth-order valence-electron chi connectivity index (χ4n) is 2.52. The molecule has 5 heteroatoms. The average molecular weight is 288 g/mol. The lowest BCUT2D eigenvalue weighted by molar-refractivity contribution is 0.616. The number of nitrogens with zero attached hydrogens (tertiary/aromatic N) is 1. The van der Waals surface area contributed by atoms with Gasteiger partial charge in [0.05, 0.1) is 0 Å². The molecule has 1 unspecified atom stereocenters. The van der Waals surface area contributed by atoms with Gasteiger partial charge in [0.2, 0.25) is 0 Å². The van der Waals surface area contributed by atoms with Crippen LogP contribution in [0.15, 0.2) is 44.9 Å². The SMILES string of the molecule is CCc1cn(CC2Cc3ccccc3S2)c(=O)[nH]c1=O. The molecule has 2 aromatic rings. The minimum absolute atomic E-state index is 0.267. The summed E-state index contributed by atoms with van der Waals surface area (Å²) in [5, 5.41) is 0.348. The van der Waals surface area contributed by atoms with Crippen molar-refractivity contribution in [1.29, 1.82) is 0 Å². The summed E-state index contributed by atoms with van der Waals surface area (Å²) < 4.78 is 1.63. The Morgan fingerprint density at radius 3 is 2.90 bits per heavy atom. The van der Waals surface area contributed by atoms with Crippen molar-refractivity contribution in [3.63, 3.8) is 0 Å². The van der Waals surface area contributed by atoms with E-state index in [0.29, 0.717) is 23.8 Å². The van der Waals surface area contributed by atoms with E-state index >= 15 is 0 Å². The van der Waals surface area contributed by atoms with Crippen molar-refractivity contribution < 1.29 is 0 Å². The minimum atomic E-state index is -0.316. The van der Waals surface area contributed by atoms with Gasteiger partial charge in [-0.1, -0.05) is 25.1 Å². The second-order valence-electron chi connectivity index (χ2n) is 4.97. The number of hydrogen-bond donors (Lipinski definition) is 1. The number of H-pyrrole nitrogens is 1. The van der Waals surface area contributed by atoms with Gasteiger partial charge in [-0.25, -0.2) is 4.79 Å². The molecule has 0 fully saturated rings. The number of rotatable bonds is 3. The lowest BCUT2D eigenvalue weighted by Gasteiger charge is -2.11. The number of hydrogen-bond acceptors (Lipinski definition) is 3. The zero-order valence-electron chi connectivity index (χ0n) is 11.3. The highest BCUT2D eigenvalue weighted by atomic mass is 32.2. The van der Waals surface area contributed by atoms with Crippen LogP contribution in [-0.2, 0) is 19.4 Å². The predicted molar refractivity (Wildman–Crippen MR) is 80.5 cm³/mol. The smallest absolute Gasteiger partial charge is 0.299 e. The van der Waals surface area contributed by atoms with Gasteiger partial charge in [-0.2, -0.15) is 0 Å². The first-order chi connectivity index (χ1) is 9.67. The number of aromatic nitrogens is 2. The molecule has 1 aromatic heterocycles. The molecule has 104 valence electrons. The Bertz CT molecular complexity index is 723. The summed E-state index contributed by atoms with van der Waals surface area (Å²) in [6.07, 6.45) is 3.30. The van der Waals surface area contributed by atoms with Crippen LogP contribution >= 0.6 is 11.8 Å². The topological polar surface area (TPSA) is 54.9 Å². The first kappa shape index (κ1) is 13.2. The normalized spacial score (nSPS) is 17.1. The summed E-state index contributed by atoms with van der Waals surface area (Å²) in [5.74, 6) is 0. The number of thioether (sulfide) groups is 1. The van der Waals surface area contributed by atoms with Crippen LogP contribution in [0.3, 0.4) is 0 Å². The van der Waals surface area contributed by atoms with Gasteiger partial charge < -0.3 is 0 Å². The highest BCUT2D eigenvalue weighted by Crippen LogP contribution is 2.37. The summed E-state index contributed by atoms with van der Waals surface area (Å²) >= 11 is 1.81. The third kappa shape index (κ3) is 2.45. The molecule has 1 aromatic carbocycles. The number of benzene rings is 1. The van der Waals surface area contributed by atoms with Crippen LogP contribution in [-0.4, -0.2) is 14.8 Å². The summed E-state index contributed by atoms with van der Waals surface area (Å²) in [5.41, 5.74) is 1.42. The highest BCUT2D eigenvalue weighted by Gasteiger charge is 2.22. The Balaban J connectivity index is 1.84. The Morgan fingerprint density at radius 1 is 1.35 bits per heavy atom. The molecule has 1 aliphatic rings.